The lowest BCUT2D eigenvalue weighted by Crippen LogP contribution is -2.14. The zero-order valence-corrected chi connectivity index (χ0v) is 10.3. The van der Waals surface area contributed by atoms with Gasteiger partial charge in [0, 0.05) is 17.3 Å². The van der Waals surface area contributed by atoms with E-state index in [0.717, 1.165) is 22.5 Å². The fourth-order valence-electron chi connectivity index (χ4n) is 1.62. The van der Waals surface area contributed by atoms with Crippen LogP contribution in [-0.2, 0) is 6.54 Å². The molecule has 5 heteroatoms. The highest BCUT2D eigenvalue weighted by atomic mass is 32.1. The molecule has 0 amide bonds. The molecule has 0 saturated heterocycles. The fraction of sp³-hybridized carbons (Fsp3) is 0.167. The van der Waals surface area contributed by atoms with Gasteiger partial charge in [-0.05, 0) is 18.6 Å². The molecule has 0 fully saturated rings. The predicted octanol–water partition coefficient (Wildman–Crippen LogP) is 2.23. The zero-order chi connectivity index (χ0) is 12.3. The average molecular weight is 247 g/mol. The number of hydrogen-bond donors (Lipinski definition) is 2. The summed E-state index contributed by atoms with van der Waals surface area (Å²) < 4.78 is 4.77. The Balaban J connectivity index is 2.22. The maximum absolute atomic E-state index is 5.69. The first-order valence-corrected chi connectivity index (χ1v) is 5.62. The third kappa shape index (κ3) is 2.62. The summed E-state index contributed by atoms with van der Waals surface area (Å²) in [7, 11) is 0. The number of nitrogens with one attached hydrogen (secondary N) is 1. The highest BCUT2D eigenvalue weighted by Crippen LogP contribution is 2.21. The van der Waals surface area contributed by atoms with E-state index in [4.69, 9.17) is 22.5 Å². The van der Waals surface area contributed by atoms with Crippen molar-refractivity contribution in [3.05, 3.63) is 47.3 Å². The first-order chi connectivity index (χ1) is 8.18. The Kier molecular flexibility index (Phi) is 3.39. The van der Waals surface area contributed by atoms with Crippen molar-refractivity contribution in [2.24, 2.45) is 5.73 Å². The molecule has 0 saturated carbocycles. The van der Waals surface area contributed by atoms with Gasteiger partial charge in [0.15, 0.2) is 0 Å². The Morgan fingerprint density at radius 1 is 1.47 bits per heavy atom. The number of hydrogen-bond acceptors (Lipinski definition) is 4. The summed E-state index contributed by atoms with van der Waals surface area (Å²) in [6.45, 7) is 2.59. The molecule has 3 N–H and O–H groups in total. The van der Waals surface area contributed by atoms with Crippen molar-refractivity contribution in [2.45, 2.75) is 13.5 Å². The molecule has 88 valence electrons. The van der Waals surface area contributed by atoms with Gasteiger partial charge < -0.3 is 15.6 Å². The minimum absolute atomic E-state index is 0.386. The van der Waals surface area contributed by atoms with Gasteiger partial charge in [-0.25, -0.2) is 0 Å². The zero-order valence-electron chi connectivity index (χ0n) is 9.43. The molecule has 1 aromatic heterocycles. The third-order valence-corrected chi connectivity index (χ3v) is 2.70. The second kappa shape index (κ2) is 4.97. The highest BCUT2D eigenvalue weighted by Gasteiger charge is 2.07. The van der Waals surface area contributed by atoms with Crippen LogP contribution in [0.25, 0.3) is 0 Å². The van der Waals surface area contributed by atoms with E-state index in [0.29, 0.717) is 11.5 Å². The van der Waals surface area contributed by atoms with E-state index in [9.17, 15) is 0 Å². The number of aryl methyl sites for hydroxylation is 1. The quantitative estimate of drug-likeness (QED) is 0.811. The minimum Gasteiger partial charge on any atom is -0.389 e. The van der Waals surface area contributed by atoms with Gasteiger partial charge in [0.25, 0.3) is 0 Å². The van der Waals surface area contributed by atoms with Crippen LogP contribution in [-0.4, -0.2) is 10.1 Å². The molecule has 2 rings (SSSR count). The molecule has 17 heavy (non-hydrogen) atoms. The number of anilines is 1. The predicted molar refractivity (Wildman–Crippen MR) is 70.9 cm³/mol. The lowest BCUT2D eigenvalue weighted by molar-refractivity contribution is 0.412. The van der Waals surface area contributed by atoms with Crippen LogP contribution >= 0.6 is 12.2 Å². The molecule has 4 nitrogen and oxygen atoms in total. The number of benzene rings is 1. The van der Waals surface area contributed by atoms with Crippen molar-refractivity contribution in [1.82, 2.24) is 5.16 Å². The van der Waals surface area contributed by atoms with Crippen molar-refractivity contribution < 1.29 is 4.52 Å². The molecule has 0 unspecified atom stereocenters. The number of aromatic nitrogens is 1. The molecular weight excluding hydrogens is 234 g/mol. The van der Waals surface area contributed by atoms with Crippen LogP contribution < -0.4 is 11.1 Å². The number of nitrogens with two attached hydrogens (primary N) is 1. The van der Waals surface area contributed by atoms with Gasteiger partial charge in [0.2, 0.25) is 0 Å². The first-order valence-electron chi connectivity index (χ1n) is 5.21. The smallest absolute Gasteiger partial charge is 0.124 e. The molecule has 0 spiro atoms. The van der Waals surface area contributed by atoms with Gasteiger partial charge in [-0.15, -0.1) is 0 Å². The summed E-state index contributed by atoms with van der Waals surface area (Å²) in [6.07, 6.45) is 1.54. The van der Waals surface area contributed by atoms with Crippen LogP contribution in [0.1, 0.15) is 16.8 Å². The molecule has 0 atom stereocenters. The Morgan fingerprint density at radius 3 is 2.94 bits per heavy atom. The SMILES string of the molecule is Cc1cccc(C(N)=S)c1NCc1ccon1. The van der Waals surface area contributed by atoms with Crippen LogP contribution in [0.2, 0.25) is 0 Å². The summed E-state index contributed by atoms with van der Waals surface area (Å²) in [4.78, 5) is 0.386. The lowest BCUT2D eigenvalue weighted by atomic mass is 10.1. The summed E-state index contributed by atoms with van der Waals surface area (Å²) in [6, 6.07) is 7.66. The van der Waals surface area contributed by atoms with E-state index in [1.165, 1.54) is 0 Å². The van der Waals surface area contributed by atoms with E-state index >= 15 is 0 Å². The molecule has 2 aromatic rings. The number of rotatable bonds is 4. The maximum Gasteiger partial charge on any atom is 0.124 e. The molecule has 0 aliphatic heterocycles. The Hall–Kier alpha value is -1.88. The topological polar surface area (TPSA) is 64.1 Å². The standard InChI is InChI=1S/C12H13N3OS/c1-8-3-2-4-10(12(13)17)11(8)14-7-9-5-6-16-15-9/h2-6,14H,7H2,1H3,(H2,13,17). The Labute approximate surface area is 105 Å². The van der Waals surface area contributed by atoms with Crippen LogP contribution in [0.15, 0.2) is 35.1 Å². The number of nitrogens with zero attached hydrogens (tertiary/aromatic N) is 1. The van der Waals surface area contributed by atoms with E-state index in [1.807, 2.05) is 31.2 Å². The molecular formula is C12H13N3OS. The van der Waals surface area contributed by atoms with E-state index < -0.39 is 0 Å². The molecule has 0 bridgehead atoms. The Bertz CT molecular complexity index is 523. The third-order valence-electron chi connectivity index (χ3n) is 2.48. The van der Waals surface area contributed by atoms with Crippen LogP contribution in [0.5, 0.6) is 0 Å². The van der Waals surface area contributed by atoms with E-state index in [2.05, 4.69) is 10.5 Å². The van der Waals surface area contributed by atoms with E-state index in [-0.39, 0.29) is 0 Å². The molecule has 1 aromatic carbocycles. The average Bonchev–Trinajstić information content (AvgIpc) is 2.80. The van der Waals surface area contributed by atoms with E-state index in [1.54, 1.807) is 6.26 Å². The number of para-hydroxylation sites is 1. The van der Waals surface area contributed by atoms with Gasteiger partial charge in [0.05, 0.1) is 6.54 Å². The van der Waals surface area contributed by atoms with Crippen molar-refractivity contribution in [3.63, 3.8) is 0 Å². The van der Waals surface area contributed by atoms with Crippen molar-refractivity contribution in [1.29, 1.82) is 0 Å². The van der Waals surface area contributed by atoms with Gasteiger partial charge >= 0.3 is 0 Å². The molecule has 1 heterocycles. The van der Waals surface area contributed by atoms with Crippen LogP contribution in [0.3, 0.4) is 0 Å². The summed E-state index contributed by atoms with van der Waals surface area (Å²) in [5, 5.41) is 7.11. The lowest BCUT2D eigenvalue weighted by Gasteiger charge is -2.12. The first kappa shape index (κ1) is 11.6. The number of thiocarbonyl (C=S) groups is 1. The maximum atomic E-state index is 5.69. The Morgan fingerprint density at radius 2 is 2.29 bits per heavy atom. The highest BCUT2D eigenvalue weighted by molar-refractivity contribution is 7.80. The summed E-state index contributed by atoms with van der Waals surface area (Å²) in [5.41, 5.74) is 9.42. The summed E-state index contributed by atoms with van der Waals surface area (Å²) >= 11 is 5.03. The van der Waals surface area contributed by atoms with Crippen molar-refractivity contribution in [2.75, 3.05) is 5.32 Å². The van der Waals surface area contributed by atoms with Gasteiger partial charge in [0.1, 0.15) is 16.9 Å². The second-order valence-corrected chi connectivity index (χ2v) is 4.15. The molecule has 0 aliphatic carbocycles. The van der Waals surface area contributed by atoms with Gasteiger partial charge in [-0.2, -0.15) is 0 Å². The van der Waals surface area contributed by atoms with Crippen LogP contribution in [0, 0.1) is 6.92 Å². The largest absolute Gasteiger partial charge is 0.389 e. The normalized spacial score (nSPS) is 10.2. The van der Waals surface area contributed by atoms with Crippen LogP contribution in [0.4, 0.5) is 5.69 Å². The van der Waals surface area contributed by atoms with Gasteiger partial charge in [-0.3, -0.25) is 0 Å². The monoisotopic (exact) mass is 247 g/mol. The minimum atomic E-state index is 0.386. The van der Waals surface area contributed by atoms with Crippen molar-refractivity contribution >= 4 is 22.9 Å². The molecule has 0 aliphatic rings. The summed E-state index contributed by atoms with van der Waals surface area (Å²) in [5.74, 6) is 0. The van der Waals surface area contributed by atoms with Crippen molar-refractivity contribution in [3.8, 4) is 0 Å². The molecule has 0 radical (unpaired) electrons. The van der Waals surface area contributed by atoms with Gasteiger partial charge in [-0.1, -0.05) is 29.5 Å². The second-order valence-electron chi connectivity index (χ2n) is 3.71. The fourth-order valence-corrected chi connectivity index (χ4v) is 1.79.